The molecular formula is C21H30N2O2. The van der Waals surface area contributed by atoms with Crippen LogP contribution >= 0.6 is 0 Å². The fourth-order valence-corrected chi connectivity index (χ4v) is 4.26. The minimum Gasteiger partial charge on any atom is -0.342 e. The fraction of sp³-hybridized carbons (Fsp3) is 0.619. The lowest BCUT2D eigenvalue weighted by Gasteiger charge is -2.32. The molecule has 0 unspecified atom stereocenters. The molecule has 1 saturated heterocycles. The molecular weight excluding hydrogens is 312 g/mol. The number of hydrogen-bond donors (Lipinski definition) is 0. The molecule has 2 fully saturated rings. The second-order valence-electron chi connectivity index (χ2n) is 7.50. The summed E-state index contributed by atoms with van der Waals surface area (Å²) in [5, 5.41) is 0. The van der Waals surface area contributed by atoms with Gasteiger partial charge in [-0.2, -0.15) is 0 Å². The van der Waals surface area contributed by atoms with Gasteiger partial charge in [0.15, 0.2) is 0 Å². The van der Waals surface area contributed by atoms with E-state index < -0.39 is 0 Å². The number of hydrogen-bond acceptors (Lipinski definition) is 2. The molecule has 4 nitrogen and oxygen atoms in total. The largest absolute Gasteiger partial charge is 0.342 e. The predicted octanol–water partition coefficient (Wildman–Crippen LogP) is 3.78. The highest BCUT2D eigenvalue weighted by molar-refractivity contribution is 5.95. The lowest BCUT2D eigenvalue weighted by atomic mass is 9.80. The van der Waals surface area contributed by atoms with Crippen molar-refractivity contribution in [2.24, 2.45) is 11.8 Å². The van der Waals surface area contributed by atoms with Crippen LogP contribution in [0.1, 0.15) is 51.0 Å². The normalized spacial score (nSPS) is 23.5. The maximum Gasteiger partial charge on any atom is 0.230 e. The number of rotatable bonds is 4. The SMILES string of the molecule is CCN(C(=O)C1CCC(C(=O)N2CCCC2)CC1)c1cccc(C)c1. The number of aryl methyl sites for hydroxylation is 1. The summed E-state index contributed by atoms with van der Waals surface area (Å²) in [6.07, 6.45) is 5.67. The van der Waals surface area contributed by atoms with Gasteiger partial charge >= 0.3 is 0 Å². The first-order valence-corrected chi connectivity index (χ1v) is 9.77. The first kappa shape index (κ1) is 18.0. The molecule has 4 heteroatoms. The van der Waals surface area contributed by atoms with E-state index in [1.54, 1.807) is 0 Å². The van der Waals surface area contributed by atoms with Crippen molar-refractivity contribution in [3.63, 3.8) is 0 Å². The Hall–Kier alpha value is -1.84. The van der Waals surface area contributed by atoms with Crippen molar-refractivity contribution in [2.75, 3.05) is 24.5 Å². The standard InChI is InChI=1S/C21H30N2O2/c1-3-23(19-8-6-7-16(2)15-19)21(25)18-11-9-17(10-12-18)20(24)22-13-4-5-14-22/h6-8,15,17-18H,3-5,9-14H2,1-2H3. The molecule has 3 rings (SSSR count). The van der Waals surface area contributed by atoms with Crippen LogP contribution in [0.2, 0.25) is 0 Å². The third-order valence-electron chi connectivity index (χ3n) is 5.74. The van der Waals surface area contributed by atoms with E-state index in [-0.39, 0.29) is 17.7 Å². The molecule has 0 aromatic heterocycles. The van der Waals surface area contributed by atoms with Crippen LogP contribution in [0.15, 0.2) is 24.3 Å². The minimum atomic E-state index is 0.0584. The smallest absolute Gasteiger partial charge is 0.230 e. The summed E-state index contributed by atoms with van der Waals surface area (Å²) >= 11 is 0. The maximum atomic E-state index is 13.0. The van der Waals surface area contributed by atoms with Gasteiger partial charge in [-0.05, 0) is 70.1 Å². The first-order chi connectivity index (χ1) is 12.1. The van der Waals surface area contributed by atoms with Gasteiger partial charge in [0.2, 0.25) is 11.8 Å². The molecule has 136 valence electrons. The highest BCUT2D eigenvalue weighted by Crippen LogP contribution is 2.33. The number of benzene rings is 1. The van der Waals surface area contributed by atoms with Crippen LogP contribution in [-0.2, 0) is 9.59 Å². The van der Waals surface area contributed by atoms with Crippen LogP contribution in [0.5, 0.6) is 0 Å². The van der Waals surface area contributed by atoms with Gasteiger partial charge in [0.05, 0.1) is 0 Å². The third-order valence-corrected chi connectivity index (χ3v) is 5.74. The van der Waals surface area contributed by atoms with Crippen molar-refractivity contribution >= 4 is 17.5 Å². The number of amides is 2. The van der Waals surface area contributed by atoms with Gasteiger partial charge in [-0.1, -0.05) is 12.1 Å². The highest BCUT2D eigenvalue weighted by Gasteiger charge is 2.34. The summed E-state index contributed by atoms with van der Waals surface area (Å²) in [4.78, 5) is 29.5. The van der Waals surface area contributed by atoms with E-state index >= 15 is 0 Å². The second-order valence-corrected chi connectivity index (χ2v) is 7.50. The molecule has 25 heavy (non-hydrogen) atoms. The molecule has 2 amide bonds. The van der Waals surface area contributed by atoms with Gasteiger partial charge in [0.1, 0.15) is 0 Å². The van der Waals surface area contributed by atoms with Gasteiger partial charge in [-0.15, -0.1) is 0 Å². The number of anilines is 1. The van der Waals surface area contributed by atoms with Crippen LogP contribution in [0.4, 0.5) is 5.69 Å². The quantitative estimate of drug-likeness (QED) is 0.835. The average Bonchev–Trinajstić information content (AvgIpc) is 3.16. The summed E-state index contributed by atoms with van der Waals surface area (Å²) < 4.78 is 0. The fourth-order valence-electron chi connectivity index (χ4n) is 4.26. The third kappa shape index (κ3) is 4.05. The van der Waals surface area contributed by atoms with E-state index in [4.69, 9.17) is 0 Å². The minimum absolute atomic E-state index is 0.0584. The Bertz CT molecular complexity index is 614. The van der Waals surface area contributed by atoms with Crippen molar-refractivity contribution in [1.29, 1.82) is 0 Å². The topological polar surface area (TPSA) is 40.6 Å². The zero-order valence-electron chi connectivity index (χ0n) is 15.5. The predicted molar refractivity (Wildman–Crippen MR) is 100 cm³/mol. The number of nitrogens with zero attached hydrogens (tertiary/aromatic N) is 2. The first-order valence-electron chi connectivity index (χ1n) is 9.77. The van der Waals surface area contributed by atoms with E-state index in [2.05, 4.69) is 19.1 Å². The molecule has 2 aliphatic rings. The number of carbonyl (C=O) groups is 2. The van der Waals surface area contributed by atoms with Gasteiger partial charge in [-0.25, -0.2) is 0 Å². The van der Waals surface area contributed by atoms with Crippen molar-refractivity contribution < 1.29 is 9.59 Å². The molecule has 1 aliphatic heterocycles. The van der Waals surface area contributed by atoms with Crippen molar-refractivity contribution in [3.05, 3.63) is 29.8 Å². The Kier molecular flexibility index (Phi) is 5.77. The molecule has 0 radical (unpaired) electrons. The van der Waals surface area contributed by atoms with Gasteiger partial charge < -0.3 is 9.80 Å². The van der Waals surface area contributed by atoms with Crippen molar-refractivity contribution in [1.82, 2.24) is 4.90 Å². The molecule has 0 N–H and O–H groups in total. The van der Waals surface area contributed by atoms with Crippen molar-refractivity contribution in [3.8, 4) is 0 Å². The lowest BCUT2D eigenvalue weighted by Crippen LogP contribution is -2.40. The summed E-state index contributed by atoms with van der Waals surface area (Å²) in [5.41, 5.74) is 2.16. The maximum absolute atomic E-state index is 13.0. The number of carbonyl (C=O) groups excluding carboxylic acids is 2. The molecule has 1 aromatic carbocycles. The van der Waals surface area contributed by atoms with Gasteiger partial charge in [0, 0.05) is 37.2 Å². The van der Waals surface area contributed by atoms with E-state index in [0.717, 1.165) is 57.3 Å². The molecule has 1 aliphatic carbocycles. The summed E-state index contributed by atoms with van der Waals surface area (Å²) in [6.45, 7) is 6.62. The van der Waals surface area contributed by atoms with E-state index in [9.17, 15) is 9.59 Å². The number of likely N-dealkylation sites (tertiary alicyclic amines) is 1. The van der Waals surface area contributed by atoms with Crippen LogP contribution in [0.25, 0.3) is 0 Å². The van der Waals surface area contributed by atoms with E-state index in [0.29, 0.717) is 12.5 Å². The van der Waals surface area contributed by atoms with Crippen LogP contribution in [0, 0.1) is 18.8 Å². The van der Waals surface area contributed by atoms with Crippen LogP contribution in [0.3, 0.4) is 0 Å². The summed E-state index contributed by atoms with van der Waals surface area (Å²) in [7, 11) is 0. The van der Waals surface area contributed by atoms with Gasteiger partial charge in [0.25, 0.3) is 0 Å². The monoisotopic (exact) mass is 342 g/mol. The molecule has 1 heterocycles. The Morgan fingerprint density at radius 2 is 1.72 bits per heavy atom. The van der Waals surface area contributed by atoms with E-state index in [1.807, 2.05) is 28.9 Å². The molecule has 1 aromatic rings. The van der Waals surface area contributed by atoms with Crippen LogP contribution < -0.4 is 4.90 Å². The Labute approximate surface area is 151 Å². The van der Waals surface area contributed by atoms with Gasteiger partial charge in [-0.3, -0.25) is 9.59 Å². The highest BCUT2D eigenvalue weighted by atomic mass is 16.2. The molecule has 0 bridgehead atoms. The lowest BCUT2D eigenvalue weighted by molar-refractivity contribution is -0.137. The summed E-state index contributed by atoms with van der Waals surface area (Å²) in [6, 6.07) is 8.14. The summed E-state index contributed by atoms with van der Waals surface area (Å²) in [5.74, 6) is 0.744. The average molecular weight is 342 g/mol. The molecule has 1 saturated carbocycles. The van der Waals surface area contributed by atoms with Crippen molar-refractivity contribution in [2.45, 2.75) is 52.4 Å². The zero-order chi connectivity index (χ0) is 17.8. The zero-order valence-corrected chi connectivity index (χ0v) is 15.5. The molecule has 0 spiro atoms. The van der Waals surface area contributed by atoms with Crippen LogP contribution in [-0.4, -0.2) is 36.3 Å². The second kappa shape index (κ2) is 8.03. The Balaban J connectivity index is 1.59. The van der Waals surface area contributed by atoms with E-state index in [1.165, 1.54) is 5.56 Å². The Morgan fingerprint density at radius 1 is 1.08 bits per heavy atom. The Morgan fingerprint density at radius 3 is 2.32 bits per heavy atom. The molecule has 0 atom stereocenters.